The van der Waals surface area contributed by atoms with Gasteiger partial charge in [-0.25, -0.2) is 9.37 Å². The van der Waals surface area contributed by atoms with E-state index in [1.54, 1.807) is 28.7 Å². The number of fused-ring (bicyclic) bond motifs is 1. The minimum absolute atomic E-state index is 0.0918. The second-order valence-electron chi connectivity index (χ2n) is 5.60. The Labute approximate surface area is 141 Å². The molecule has 1 aliphatic heterocycles. The van der Waals surface area contributed by atoms with Crippen molar-refractivity contribution in [1.29, 1.82) is 0 Å². The number of thiazole rings is 1. The van der Waals surface area contributed by atoms with Gasteiger partial charge in [0.25, 0.3) is 5.91 Å². The van der Waals surface area contributed by atoms with E-state index in [9.17, 15) is 9.18 Å². The second-order valence-corrected chi connectivity index (χ2v) is 6.54. The molecule has 1 amide bonds. The van der Waals surface area contributed by atoms with E-state index in [4.69, 9.17) is 0 Å². The molecule has 1 aliphatic rings. The van der Waals surface area contributed by atoms with Crippen LogP contribution in [0.2, 0.25) is 0 Å². The molecule has 8 heteroatoms. The Morgan fingerprint density at radius 3 is 2.92 bits per heavy atom. The lowest BCUT2D eigenvalue weighted by Gasteiger charge is -2.26. The van der Waals surface area contributed by atoms with Gasteiger partial charge in [0.2, 0.25) is 0 Å². The third-order valence-electron chi connectivity index (χ3n) is 3.97. The zero-order chi connectivity index (χ0) is 16.5. The van der Waals surface area contributed by atoms with Crippen molar-refractivity contribution in [3.63, 3.8) is 0 Å². The maximum atomic E-state index is 12.9. The quantitative estimate of drug-likeness (QED) is 0.731. The van der Waals surface area contributed by atoms with Gasteiger partial charge in [0.15, 0.2) is 5.82 Å². The maximum absolute atomic E-state index is 12.9. The van der Waals surface area contributed by atoms with Gasteiger partial charge in [-0.1, -0.05) is 12.1 Å². The van der Waals surface area contributed by atoms with Gasteiger partial charge in [0.05, 0.1) is 11.6 Å². The van der Waals surface area contributed by atoms with Gasteiger partial charge in [0.1, 0.15) is 17.8 Å². The van der Waals surface area contributed by atoms with Crippen molar-refractivity contribution in [2.75, 3.05) is 6.54 Å². The Kier molecular flexibility index (Phi) is 3.81. The minimum Gasteiger partial charge on any atom is -0.328 e. The van der Waals surface area contributed by atoms with Crippen LogP contribution in [-0.4, -0.2) is 37.1 Å². The molecule has 0 fully saturated rings. The van der Waals surface area contributed by atoms with E-state index in [1.165, 1.54) is 23.5 Å². The lowest BCUT2D eigenvalue weighted by atomic mass is 10.1. The van der Waals surface area contributed by atoms with E-state index in [0.717, 1.165) is 16.4 Å². The number of rotatable bonds is 3. The van der Waals surface area contributed by atoms with Crippen molar-refractivity contribution in [2.24, 2.45) is 0 Å². The van der Waals surface area contributed by atoms with Crippen molar-refractivity contribution in [1.82, 2.24) is 24.6 Å². The van der Waals surface area contributed by atoms with Gasteiger partial charge in [-0.05, 0) is 17.7 Å². The number of halogens is 1. The lowest BCUT2D eigenvalue weighted by Crippen LogP contribution is -2.38. The fraction of sp³-hybridized carbons (Fsp3) is 0.250. The Bertz CT molecular complexity index is 873. The first-order valence-corrected chi connectivity index (χ1v) is 8.42. The number of carbonyl (C=O) groups excluding carboxylic acids is 1. The molecule has 1 aromatic carbocycles. The molecule has 0 N–H and O–H groups in total. The van der Waals surface area contributed by atoms with Gasteiger partial charge >= 0.3 is 0 Å². The molecular weight excluding hydrogens is 329 g/mol. The molecule has 0 saturated heterocycles. The molecule has 0 radical (unpaired) electrons. The highest BCUT2D eigenvalue weighted by Gasteiger charge is 2.24. The third-order valence-corrected chi connectivity index (χ3v) is 4.81. The predicted octanol–water partition coefficient (Wildman–Crippen LogP) is 2.12. The van der Waals surface area contributed by atoms with Crippen LogP contribution in [0.1, 0.15) is 26.9 Å². The number of hydrogen-bond donors (Lipinski definition) is 0. The van der Waals surface area contributed by atoms with Crippen LogP contribution in [0.3, 0.4) is 0 Å². The van der Waals surface area contributed by atoms with E-state index in [1.807, 2.05) is 4.57 Å². The third kappa shape index (κ3) is 2.92. The average Bonchev–Trinajstić information content (AvgIpc) is 3.24. The SMILES string of the molecule is O=C(c1csc(Cc2ccc(F)cc2)n1)N1CCn2cnnc2C1. The molecule has 3 aromatic rings. The number of carbonyl (C=O) groups is 1. The first-order chi connectivity index (χ1) is 11.7. The van der Waals surface area contributed by atoms with E-state index < -0.39 is 0 Å². The Balaban J connectivity index is 1.46. The second kappa shape index (κ2) is 6.12. The lowest BCUT2D eigenvalue weighted by molar-refractivity contribution is 0.0702. The summed E-state index contributed by atoms with van der Waals surface area (Å²) in [4.78, 5) is 18.8. The van der Waals surface area contributed by atoms with Crippen LogP contribution in [0.4, 0.5) is 4.39 Å². The zero-order valence-corrected chi connectivity index (χ0v) is 13.5. The van der Waals surface area contributed by atoms with Crippen molar-refractivity contribution in [2.45, 2.75) is 19.5 Å². The van der Waals surface area contributed by atoms with Crippen LogP contribution in [0.5, 0.6) is 0 Å². The van der Waals surface area contributed by atoms with Gasteiger partial charge in [-0.3, -0.25) is 4.79 Å². The molecule has 0 aliphatic carbocycles. The largest absolute Gasteiger partial charge is 0.328 e. The van der Waals surface area contributed by atoms with Gasteiger partial charge in [0, 0.05) is 24.9 Å². The molecule has 0 saturated carbocycles. The van der Waals surface area contributed by atoms with E-state index in [2.05, 4.69) is 15.2 Å². The maximum Gasteiger partial charge on any atom is 0.273 e. The summed E-state index contributed by atoms with van der Waals surface area (Å²) in [6, 6.07) is 6.32. The molecular formula is C16H14FN5OS. The summed E-state index contributed by atoms with van der Waals surface area (Å²) in [6.45, 7) is 1.76. The fourth-order valence-electron chi connectivity index (χ4n) is 2.67. The van der Waals surface area contributed by atoms with Crippen LogP contribution in [-0.2, 0) is 19.5 Å². The molecule has 6 nitrogen and oxygen atoms in total. The normalized spacial score (nSPS) is 13.8. The highest BCUT2D eigenvalue weighted by molar-refractivity contribution is 7.09. The van der Waals surface area contributed by atoms with Crippen molar-refractivity contribution in [3.05, 3.63) is 63.9 Å². The molecule has 2 aromatic heterocycles. The summed E-state index contributed by atoms with van der Waals surface area (Å²) in [6.07, 6.45) is 2.27. The van der Waals surface area contributed by atoms with Crippen molar-refractivity contribution >= 4 is 17.2 Å². The fourth-order valence-corrected chi connectivity index (χ4v) is 3.47. The Morgan fingerprint density at radius 1 is 1.25 bits per heavy atom. The molecule has 0 atom stereocenters. The number of hydrogen-bond acceptors (Lipinski definition) is 5. The molecule has 0 unspecified atom stereocenters. The van der Waals surface area contributed by atoms with E-state index in [-0.39, 0.29) is 11.7 Å². The standard InChI is InChI=1S/C16H14FN5OS/c17-12-3-1-11(2-4-12)7-15-19-13(9-24-15)16(23)21-5-6-22-10-18-20-14(22)8-21/h1-4,9-10H,5-8H2. The molecule has 4 rings (SSSR count). The van der Waals surface area contributed by atoms with E-state index >= 15 is 0 Å². The highest BCUT2D eigenvalue weighted by atomic mass is 32.1. The Morgan fingerprint density at radius 2 is 2.08 bits per heavy atom. The summed E-state index contributed by atoms with van der Waals surface area (Å²) in [5.74, 6) is 0.439. The number of nitrogens with zero attached hydrogens (tertiary/aromatic N) is 5. The smallest absolute Gasteiger partial charge is 0.273 e. The first-order valence-electron chi connectivity index (χ1n) is 7.54. The summed E-state index contributed by atoms with van der Waals surface area (Å²) >= 11 is 1.44. The van der Waals surface area contributed by atoms with Crippen LogP contribution < -0.4 is 0 Å². The number of amides is 1. The number of benzene rings is 1. The predicted molar refractivity (Wildman–Crippen MR) is 86.1 cm³/mol. The molecule has 122 valence electrons. The van der Waals surface area contributed by atoms with Crippen LogP contribution in [0.25, 0.3) is 0 Å². The molecule has 24 heavy (non-hydrogen) atoms. The zero-order valence-electron chi connectivity index (χ0n) is 12.7. The van der Waals surface area contributed by atoms with Gasteiger partial charge in [-0.2, -0.15) is 0 Å². The van der Waals surface area contributed by atoms with E-state index in [0.29, 0.717) is 31.7 Å². The van der Waals surface area contributed by atoms with Gasteiger partial charge in [-0.15, -0.1) is 21.5 Å². The van der Waals surface area contributed by atoms with Crippen molar-refractivity contribution < 1.29 is 9.18 Å². The summed E-state index contributed by atoms with van der Waals surface area (Å²) in [7, 11) is 0. The molecule has 0 bridgehead atoms. The van der Waals surface area contributed by atoms with Crippen LogP contribution in [0, 0.1) is 5.82 Å². The average molecular weight is 343 g/mol. The monoisotopic (exact) mass is 343 g/mol. The molecule has 3 heterocycles. The summed E-state index contributed by atoms with van der Waals surface area (Å²) in [5.41, 5.74) is 1.42. The summed E-state index contributed by atoms with van der Waals surface area (Å²) < 4.78 is 14.9. The molecule has 0 spiro atoms. The Hall–Kier alpha value is -2.61. The van der Waals surface area contributed by atoms with Crippen LogP contribution >= 0.6 is 11.3 Å². The summed E-state index contributed by atoms with van der Waals surface area (Å²) in [5, 5.41) is 10.5. The van der Waals surface area contributed by atoms with Gasteiger partial charge < -0.3 is 9.47 Å². The van der Waals surface area contributed by atoms with Crippen LogP contribution in [0.15, 0.2) is 36.0 Å². The first kappa shape index (κ1) is 14.9. The topological polar surface area (TPSA) is 63.9 Å². The minimum atomic E-state index is -0.258. The van der Waals surface area contributed by atoms with Crippen molar-refractivity contribution in [3.8, 4) is 0 Å². The highest BCUT2D eigenvalue weighted by Crippen LogP contribution is 2.18. The number of aromatic nitrogens is 4.